The van der Waals surface area contributed by atoms with Crippen molar-refractivity contribution in [3.05, 3.63) is 114 Å². The van der Waals surface area contributed by atoms with Crippen molar-refractivity contribution in [2.75, 3.05) is 5.75 Å². The molecule has 1 heterocycles. The SMILES string of the molecule is O=C(CS)c1ccc(C#Cc2ccc(-n3c4ccccc4c4ccccc43)cc2)cc1. The lowest BCUT2D eigenvalue weighted by Gasteiger charge is -2.07. The summed E-state index contributed by atoms with van der Waals surface area (Å²) in [6.45, 7) is 0. The van der Waals surface area contributed by atoms with Crippen LogP contribution in [-0.4, -0.2) is 16.1 Å². The largest absolute Gasteiger partial charge is 0.309 e. The lowest BCUT2D eigenvalue weighted by atomic mass is 10.1. The molecule has 0 fully saturated rings. The van der Waals surface area contributed by atoms with Gasteiger partial charge < -0.3 is 4.57 Å². The summed E-state index contributed by atoms with van der Waals surface area (Å²) in [4.78, 5) is 11.7. The minimum Gasteiger partial charge on any atom is -0.309 e. The van der Waals surface area contributed by atoms with E-state index in [1.807, 2.05) is 24.3 Å². The third kappa shape index (κ3) is 3.63. The van der Waals surface area contributed by atoms with E-state index in [4.69, 9.17) is 0 Å². The van der Waals surface area contributed by atoms with Crippen LogP contribution in [0, 0.1) is 11.8 Å². The van der Waals surface area contributed by atoms with Gasteiger partial charge in [-0.15, -0.1) is 0 Å². The summed E-state index contributed by atoms with van der Waals surface area (Å²) >= 11 is 4.03. The Morgan fingerprint density at radius 3 is 1.68 bits per heavy atom. The first kappa shape index (κ1) is 19.2. The number of hydrogen-bond donors (Lipinski definition) is 1. The number of benzene rings is 4. The first-order valence-corrected chi connectivity index (χ1v) is 10.7. The van der Waals surface area contributed by atoms with Gasteiger partial charge in [-0.1, -0.05) is 60.4 Å². The van der Waals surface area contributed by atoms with Gasteiger partial charge in [-0.25, -0.2) is 0 Å². The van der Waals surface area contributed by atoms with Gasteiger partial charge in [-0.3, -0.25) is 4.79 Å². The van der Waals surface area contributed by atoms with E-state index in [1.165, 1.54) is 21.8 Å². The van der Waals surface area contributed by atoms with Crippen LogP contribution >= 0.6 is 12.6 Å². The maximum absolute atomic E-state index is 11.7. The number of nitrogens with zero attached hydrogens (tertiary/aromatic N) is 1. The molecule has 0 amide bonds. The Kier molecular flexibility index (Phi) is 5.08. The molecule has 31 heavy (non-hydrogen) atoms. The summed E-state index contributed by atoms with van der Waals surface area (Å²) in [5.74, 6) is 6.61. The van der Waals surface area contributed by atoms with Crippen molar-refractivity contribution in [2.24, 2.45) is 0 Å². The molecular formula is C28H19NOS. The van der Waals surface area contributed by atoms with E-state index < -0.39 is 0 Å². The smallest absolute Gasteiger partial charge is 0.172 e. The zero-order valence-electron chi connectivity index (χ0n) is 16.7. The molecule has 3 heteroatoms. The molecule has 0 radical (unpaired) electrons. The van der Waals surface area contributed by atoms with Crippen LogP contribution in [0.4, 0.5) is 0 Å². The zero-order valence-corrected chi connectivity index (χ0v) is 17.6. The van der Waals surface area contributed by atoms with E-state index in [0.717, 1.165) is 16.8 Å². The van der Waals surface area contributed by atoms with Gasteiger partial charge in [-0.05, 0) is 48.5 Å². The fourth-order valence-electron chi connectivity index (χ4n) is 3.87. The molecule has 5 rings (SSSR count). The molecule has 0 spiro atoms. The number of carbonyl (C=O) groups excluding carboxylic acids is 1. The minimum absolute atomic E-state index is 0.0171. The second-order valence-corrected chi connectivity index (χ2v) is 7.64. The third-order valence-corrected chi connectivity index (χ3v) is 5.69. The van der Waals surface area contributed by atoms with Crippen LogP contribution in [0.15, 0.2) is 97.1 Å². The molecule has 0 unspecified atom stereocenters. The average Bonchev–Trinajstić information content (AvgIpc) is 3.17. The molecule has 0 aliphatic heterocycles. The van der Waals surface area contributed by atoms with Gasteiger partial charge in [0.05, 0.1) is 16.8 Å². The van der Waals surface area contributed by atoms with Gasteiger partial charge in [-0.2, -0.15) is 12.6 Å². The first-order chi connectivity index (χ1) is 15.2. The van der Waals surface area contributed by atoms with Crippen molar-refractivity contribution in [1.29, 1.82) is 0 Å². The van der Waals surface area contributed by atoms with E-state index in [9.17, 15) is 4.79 Å². The molecule has 0 saturated carbocycles. The van der Waals surface area contributed by atoms with Crippen LogP contribution in [0.2, 0.25) is 0 Å². The molecule has 0 bridgehead atoms. The van der Waals surface area contributed by atoms with Crippen molar-refractivity contribution in [3.63, 3.8) is 0 Å². The molecule has 1 aromatic heterocycles. The van der Waals surface area contributed by atoms with E-state index in [0.29, 0.717) is 5.56 Å². The Morgan fingerprint density at radius 1 is 0.677 bits per heavy atom. The summed E-state index contributed by atoms with van der Waals surface area (Å²) in [6, 6.07) is 32.6. The number of hydrogen-bond acceptors (Lipinski definition) is 2. The topological polar surface area (TPSA) is 22.0 Å². The maximum atomic E-state index is 11.7. The van der Waals surface area contributed by atoms with Crippen molar-refractivity contribution in [2.45, 2.75) is 0 Å². The Balaban J connectivity index is 1.48. The lowest BCUT2D eigenvalue weighted by molar-refractivity contribution is 0.102. The lowest BCUT2D eigenvalue weighted by Crippen LogP contribution is -1.99. The van der Waals surface area contributed by atoms with E-state index in [1.54, 1.807) is 12.1 Å². The highest BCUT2D eigenvalue weighted by molar-refractivity contribution is 7.81. The van der Waals surface area contributed by atoms with Crippen LogP contribution < -0.4 is 0 Å². The summed E-state index contributed by atoms with van der Waals surface area (Å²) in [7, 11) is 0. The molecule has 5 aromatic rings. The number of carbonyl (C=O) groups is 1. The second-order valence-electron chi connectivity index (χ2n) is 7.33. The molecular weight excluding hydrogens is 398 g/mol. The van der Waals surface area contributed by atoms with Crippen molar-refractivity contribution < 1.29 is 4.79 Å². The van der Waals surface area contributed by atoms with Gasteiger partial charge in [0.2, 0.25) is 0 Å². The highest BCUT2D eigenvalue weighted by Gasteiger charge is 2.10. The standard InChI is InChI=1S/C28H19NOS/c30-28(19-31)22-15-11-20(12-16-22)9-10-21-13-17-23(18-14-21)29-26-7-3-1-5-24(26)25-6-2-4-8-27(25)29/h1-8,11-18,31H,19H2. The summed E-state index contributed by atoms with van der Waals surface area (Å²) in [5.41, 5.74) is 5.98. The van der Waals surface area contributed by atoms with Gasteiger partial charge in [0.25, 0.3) is 0 Å². The predicted molar refractivity (Wildman–Crippen MR) is 131 cm³/mol. The minimum atomic E-state index is 0.0171. The number of fused-ring (bicyclic) bond motifs is 3. The second kappa shape index (κ2) is 8.18. The molecule has 0 aliphatic rings. The Labute approximate surface area is 186 Å². The monoisotopic (exact) mass is 417 g/mol. The fourth-order valence-corrected chi connectivity index (χ4v) is 4.05. The van der Waals surface area contributed by atoms with E-state index >= 15 is 0 Å². The van der Waals surface area contributed by atoms with Crippen molar-refractivity contribution in [3.8, 4) is 17.5 Å². The van der Waals surface area contributed by atoms with Gasteiger partial charge in [0.15, 0.2) is 5.78 Å². The predicted octanol–water partition coefficient (Wildman–Crippen LogP) is 6.30. The van der Waals surface area contributed by atoms with Crippen LogP contribution in [0.3, 0.4) is 0 Å². The van der Waals surface area contributed by atoms with Crippen LogP contribution in [0.25, 0.3) is 27.5 Å². The molecule has 0 aliphatic carbocycles. The van der Waals surface area contributed by atoms with Gasteiger partial charge in [0.1, 0.15) is 0 Å². The normalized spacial score (nSPS) is 10.7. The number of aromatic nitrogens is 1. The van der Waals surface area contributed by atoms with E-state index in [-0.39, 0.29) is 11.5 Å². The van der Waals surface area contributed by atoms with E-state index in [2.05, 4.69) is 89.7 Å². The molecule has 4 aromatic carbocycles. The Bertz CT molecular complexity index is 1410. The molecule has 2 nitrogen and oxygen atoms in total. The van der Waals surface area contributed by atoms with Crippen LogP contribution in [0.5, 0.6) is 0 Å². The number of Topliss-reactive ketones (excluding diaryl/α,β-unsaturated/α-hetero) is 1. The summed E-state index contributed by atoms with van der Waals surface area (Å²) < 4.78 is 2.29. The molecule has 0 saturated heterocycles. The quantitative estimate of drug-likeness (QED) is 0.208. The van der Waals surface area contributed by atoms with Gasteiger partial charge in [0, 0.05) is 33.2 Å². The van der Waals surface area contributed by atoms with Crippen LogP contribution in [-0.2, 0) is 0 Å². The third-order valence-electron chi connectivity index (χ3n) is 5.41. The highest BCUT2D eigenvalue weighted by atomic mass is 32.1. The van der Waals surface area contributed by atoms with Crippen LogP contribution in [0.1, 0.15) is 21.5 Å². The summed E-state index contributed by atoms with van der Waals surface area (Å²) in [6.07, 6.45) is 0. The van der Waals surface area contributed by atoms with Crippen molar-refractivity contribution >= 4 is 40.2 Å². The average molecular weight is 418 g/mol. The number of ketones is 1. The molecule has 0 atom stereocenters. The zero-order chi connectivity index (χ0) is 21.2. The fraction of sp³-hybridized carbons (Fsp3) is 0.0357. The highest BCUT2D eigenvalue weighted by Crippen LogP contribution is 2.31. The number of thiol groups is 1. The molecule has 148 valence electrons. The Morgan fingerprint density at radius 2 is 1.16 bits per heavy atom. The van der Waals surface area contributed by atoms with Gasteiger partial charge >= 0.3 is 0 Å². The van der Waals surface area contributed by atoms with Crippen molar-refractivity contribution in [1.82, 2.24) is 4.57 Å². The number of rotatable bonds is 3. The number of para-hydroxylation sites is 2. The summed E-state index contributed by atoms with van der Waals surface area (Å²) in [5, 5.41) is 2.50. The maximum Gasteiger partial charge on any atom is 0.172 e. The Hall–Kier alpha value is -3.74. The molecule has 0 N–H and O–H groups in total. The first-order valence-electron chi connectivity index (χ1n) is 10.1.